The summed E-state index contributed by atoms with van der Waals surface area (Å²) in [7, 11) is 0. The van der Waals surface area contributed by atoms with Crippen LogP contribution in [0.15, 0.2) is 66.7 Å². The normalized spacial score (nSPS) is 23.7. The Morgan fingerprint density at radius 2 is 1.13 bits per heavy atom. The Bertz CT molecular complexity index is 2230. The number of carbonyl (C=O) groups excluding carboxylic acids is 4. The van der Waals surface area contributed by atoms with Gasteiger partial charge in [0.05, 0.1) is 46.2 Å². The molecule has 0 bridgehead atoms. The number of hydrogen-bond acceptors (Lipinski definition) is 7. The number of hydrogen-bond donors (Lipinski definition) is 3. The number of piperazine rings is 2. The first-order chi connectivity index (χ1) is 28.2. The smallest absolute Gasteiger partial charge is 0.390 e. The van der Waals surface area contributed by atoms with Gasteiger partial charge in [-0.2, -0.15) is 31.6 Å². The monoisotopic (exact) mass is 891 g/mol. The van der Waals surface area contributed by atoms with Crippen LogP contribution in [0.1, 0.15) is 96.0 Å². The van der Waals surface area contributed by atoms with E-state index in [0.717, 1.165) is 35.2 Å². The summed E-state index contributed by atoms with van der Waals surface area (Å²) in [6, 6.07) is 14.3. The van der Waals surface area contributed by atoms with Crippen molar-refractivity contribution in [3.05, 3.63) is 100 Å². The molecule has 11 nitrogen and oxygen atoms in total. The molecular weight excluding hydrogens is 840 g/mol. The number of amides is 4. The van der Waals surface area contributed by atoms with Crippen LogP contribution in [0.2, 0.25) is 0 Å². The van der Waals surface area contributed by atoms with Gasteiger partial charge in [0.25, 0.3) is 5.91 Å². The maximum absolute atomic E-state index is 14.7. The zero-order valence-corrected chi connectivity index (χ0v) is 33.6. The number of nitriles is 1. The molecule has 4 amide bonds. The standard InChI is InChI=1S/C25H23F4N3O3.C18H21F3N2O3.2CH4/c1-23(2,35)18-10-24(11-18)22(34)31(20-8-5-16(12-30)9-19(20)26)14-21(33)32(24)13-15-3-6-17(7-4-15)25(27,28)29;1-16(2,26)13-7-17(8-13)15(25)22-9-14(24)23(17)10-11-3-5-12(6-4-11)18(19,20)21;;/h3-9,18,35H,10-11,13-14H2,1-2H3;3-6,13,26H,7-10H2,1-2H3,(H,22,25);2*1H4. The van der Waals surface area contributed by atoms with Crippen LogP contribution in [-0.4, -0.2) is 79.0 Å². The molecule has 3 aromatic carbocycles. The number of alkyl halides is 6. The highest BCUT2D eigenvalue weighted by atomic mass is 19.4. The van der Waals surface area contributed by atoms with Gasteiger partial charge in [-0.1, -0.05) is 39.1 Å². The second-order valence-corrected chi connectivity index (χ2v) is 17.3. The average molecular weight is 892 g/mol. The van der Waals surface area contributed by atoms with Crippen LogP contribution < -0.4 is 10.2 Å². The fourth-order valence-corrected chi connectivity index (χ4v) is 8.42. The average Bonchev–Trinajstić information content (AvgIpc) is 3.12. The predicted molar refractivity (Wildman–Crippen MR) is 217 cm³/mol. The van der Waals surface area contributed by atoms with Crippen LogP contribution in [0.3, 0.4) is 0 Å². The third-order valence-electron chi connectivity index (χ3n) is 12.3. The van der Waals surface area contributed by atoms with Crippen molar-refractivity contribution in [1.29, 1.82) is 5.26 Å². The Labute approximate surface area is 361 Å². The van der Waals surface area contributed by atoms with Crippen LogP contribution in [0, 0.1) is 29.0 Å². The topological polar surface area (TPSA) is 154 Å². The first-order valence-corrected chi connectivity index (χ1v) is 19.4. The number of nitrogens with one attached hydrogen (secondary N) is 1. The molecule has 2 aliphatic carbocycles. The van der Waals surface area contributed by atoms with E-state index < -0.39 is 69.9 Å². The molecule has 4 aliphatic rings. The highest BCUT2D eigenvalue weighted by Crippen LogP contribution is 2.52. The zero-order chi connectivity index (χ0) is 45.1. The number of benzene rings is 3. The second kappa shape index (κ2) is 17.6. The van der Waals surface area contributed by atoms with Crippen molar-refractivity contribution in [3.63, 3.8) is 0 Å². The summed E-state index contributed by atoms with van der Waals surface area (Å²) in [6.07, 6.45) is -8.03. The van der Waals surface area contributed by atoms with Crippen LogP contribution in [0.5, 0.6) is 0 Å². The lowest BCUT2D eigenvalue weighted by atomic mass is 9.60. The maximum Gasteiger partial charge on any atom is 0.416 e. The molecule has 0 radical (unpaired) electrons. The zero-order valence-electron chi connectivity index (χ0n) is 33.6. The Hall–Kier alpha value is -5.54. The summed E-state index contributed by atoms with van der Waals surface area (Å²) >= 11 is 0. The molecule has 63 heavy (non-hydrogen) atoms. The van der Waals surface area contributed by atoms with Crippen molar-refractivity contribution < 1.29 is 60.1 Å². The van der Waals surface area contributed by atoms with E-state index >= 15 is 0 Å². The lowest BCUT2D eigenvalue weighted by molar-refractivity contribution is -0.174. The second-order valence-electron chi connectivity index (χ2n) is 17.3. The molecule has 342 valence electrons. The molecule has 2 aliphatic heterocycles. The minimum absolute atomic E-state index is 0. The van der Waals surface area contributed by atoms with E-state index in [1.54, 1.807) is 27.7 Å². The Morgan fingerprint density at radius 3 is 1.52 bits per heavy atom. The van der Waals surface area contributed by atoms with Crippen molar-refractivity contribution in [2.45, 2.75) is 116 Å². The predicted octanol–water partition coefficient (Wildman–Crippen LogP) is 7.37. The van der Waals surface area contributed by atoms with Crippen LogP contribution in [0.4, 0.5) is 36.4 Å². The van der Waals surface area contributed by atoms with Crippen molar-refractivity contribution in [3.8, 4) is 6.07 Å². The van der Waals surface area contributed by atoms with E-state index in [1.165, 1.54) is 46.2 Å². The fourth-order valence-electron chi connectivity index (χ4n) is 8.42. The SMILES string of the molecule is C.C.CC(C)(O)C1CC2(C1)C(=O)N(c1ccc(C#N)cc1F)CC(=O)N2Cc1ccc(C(F)(F)F)cc1.CC(C)(O)C1CC2(C1)C(=O)NCC(=O)N2Cc1ccc(C(F)(F)F)cc1. The molecular formula is C45H52F7N5O6. The number of anilines is 1. The number of nitrogens with zero attached hydrogens (tertiary/aromatic N) is 4. The lowest BCUT2D eigenvalue weighted by Gasteiger charge is -2.59. The molecule has 18 heteroatoms. The molecule has 2 spiro atoms. The van der Waals surface area contributed by atoms with Gasteiger partial charge in [0.15, 0.2) is 0 Å². The van der Waals surface area contributed by atoms with Gasteiger partial charge in [0.1, 0.15) is 23.4 Å². The minimum atomic E-state index is -4.50. The molecule has 4 fully saturated rings. The van der Waals surface area contributed by atoms with Crippen molar-refractivity contribution in [2.24, 2.45) is 11.8 Å². The molecule has 3 aromatic rings. The van der Waals surface area contributed by atoms with E-state index in [9.17, 15) is 60.1 Å². The molecule has 0 unspecified atom stereocenters. The molecule has 2 saturated carbocycles. The number of aliphatic hydroxyl groups is 2. The molecule has 2 heterocycles. The third-order valence-corrected chi connectivity index (χ3v) is 12.3. The van der Waals surface area contributed by atoms with E-state index in [1.807, 2.05) is 6.07 Å². The van der Waals surface area contributed by atoms with Gasteiger partial charge in [0, 0.05) is 13.1 Å². The quantitative estimate of drug-likeness (QED) is 0.210. The van der Waals surface area contributed by atoms with Gasteiger partial charge in [0.2, 0.25) is 17.7 Å². The summed E-state index contributed by atoms with van der Waals surface area (Å²) in [6.45, 7) is 5.87. The number of halogens is 7. The van der Waals surface area contributed by atoms with Gasteiger partial charge in [-0.05, 0) is 119 Å². The summed E-state index contributed by atoms with van der Waals surface area (Å²) in [4.78, 5) is 55.7. The van der Waals surface area contributed by atoms with Crippen LogP contribution in [0.25, 0.3) is 0 Å². The number of carbonyl (C=O) groups is 4. The van der Waals surface area contributed by atoms with Gasteiger partial charge in [-0.3, -0.25) is 24.1 Å². The lowest BCUT2D eigenvalue weighted by Crippen LogP contribution is -2.74. The fraction of sp³-hybridized carbons (Fsp3) is 0.489. The Kier molecular flexibility index (Phi) is 14.0. The highest BCUT2D eigenvalue weighted by Gasteiger charge is 2.63. The maximum atomic E-state index is 14.7. The first kappa shape index (κ1) is 50.1. The van der Waals surface area contributed by atoms with Gasteiger partial charge in [-0.15, -0.1) is 0 Å². The Morgan fingerprint density at radius 1 is 0.698 bits per heavy atom. The van der Waals surface area contributed by atoms with Crippen molar-refractivity contribution in [1.82, 2.24) is 15.1 Å². The van der Waals surface area contributed by atoms with E-state index in [2.05, 4.69) is 5.32 Å². The van der Waals surface area contributed by atoms with E-state index in [0.29, 0.717) is 24.0 Å². The van der Waals surface area contributed by atoms with Crippen LogP contribution >= 0.6 is 0 Å². The van der Waals surface area contributed by atoms with Gasteiger partial charge >= 0.3 is 12.4 Å². The number of rotatable bonds is 7. The summed E-state index contributed by atoms with van der Waals surface area (Å²) in [5.74, 6) is -2.86. The molecule has 2 saturated heterocycles. The Balaban J connectivity index is 0.000000279. The molecule has 7 rings (SSSR count). The highest BCUT2D eigenvalue weighted by molar-refractivity contribution is 6.10. The van der Waals surface area contributed by atoms with E-state index in [-0.39, 0.29) is 82.2 Å². The van der Waals surface area contributed by atoms with E-state index in [4.69, 9.17) is 5.26 Å². The molecule has 0 aromatic heterocycles. The summed E-state index contributed by atoms with van der Waals surface area (Å²) < 4.78 is 91.6. The van der Waals surface area contributed by atoms with Crippen molar-refractivity contribution in [2.75, 3.05) is 18.0 Å². The van der Waals surface area contributed by atoms with Crippen molar-refractivity contribution >= 4 is 29.3 Å². The largest absolute Gasteiger partial charge is 0.416 e. The minimum Gasteiger partial charge on any atom is -0.390 e. The summed E-state index contributed by atoms with van der Waals surface area (Å²) in [5.41, 5.74) is -5.24. The molecule has 3 N–H and O–H groups in total. The first-order valence-electron chi connectivity index (χ1n) is 19.4. The summed E-state index contributed by atoms with van der Waals surface area (Å²) in [5, 5.41) is 32.2. The molecule has 0 atom stereocenters. The van der Waals surface area contributed by atoms with Gasteiger partial charge in [-0.25, -0.2) is 4.39 Å². The van der Waals surface area contributed by atoms with Gasteiger partial charge < -0.3 is 25.3 Å². The third kappa shape index (κ3) is 9.84. The van der Waals surface area contributed by atoms with Crippen LogP contribution in [-0.2, 0) is 44.6 Å².